The molecule has 0 N–H and O–H groups in total. The average Bonchev–Trinajstić information content (AvgIpc) is 3.38. The predicted octanol–water partition coefficient (Wildman–Crippen LogP) is 20.3. The number of allylic oxidation sites excluding steroid dienone is 18. The summed E-state index contributed by atoms with van der Waals surface area (Å²) in [6, 6.07) is 0. The normalized spacial score (nSPS) is 12.9. The lowest BCUT2D eigenvalue weighted by Crippen LogP contribution is -2.30. The molecular weight excluding hydrogens is 889 g/mol. The minimum Gasteiger partial charge on any atom is -0.462 e. The summed E-state index contributed by atoms with van der Waals surface area (Å²) < 4.78 is 16.8. The van der Waals surface area contributed by atoms with Crippen LogP contribution in [0.2, 0.25) is 0 Å². The van der Waals surface area contributed by atoms with E-state index in [1.54, 1.807) is 0 Å². The van der Waals surface area contributed by atoms with E-state index in [0.717, 1.165) is 135 Å². The molecule has 0 aliphatic carbocycles. The van der Waals surface area contributed by atoms with Gasteiger partial charge >= 0.3 is 17.9 Å². The molecule has 0 fully saturated rings. The number of hydrogen-bond acceptors (Lipinski definition) is 6. The van der Waals surface area contributed by atoms with Gasteiger partial charge in [-0.15, -0.1) is 0 Å². The van der Waals surface area contributed by atoms with Crippen molar-refractivity contribution < 1.29 is 28.6 Å². The molecule has 0 aromatic heterocycles. The Hall–Kier alpha value is -3.93. The Bertz CT molecular complexity index is 1470. The molecule has 1 unspecified atom stereocenters. The monoisotopic (exact) mass is 999 g/mol. The maximum Gasteiger partial charge on any atom is 0.306 e. The smallest absolute Gasteiger partial charge is 0.306 e. The Balaban J connectivity index is 4.48. The van der Waals surface area contributed by atoms with Crippen molar-refractivity contribution in [1.29, 1.82) is 0 Å². The number of hydrogen-bond donors (Lipinski definition) is 0. The van der Waals surface area contributed by atoms with Crippen molar-refractivity contribution in [3.8, 4) is 0 Å². The first kappa shape index (κ1) is 68.1. The van der Waals surface area contributed by atoms with Crippen LogP contribution in [0, 0.1) is 0 Å². The van der Waals surface area contributed by atoms with Crippen LogP contribution in [0.1, 0.15) is 271 Å². The highest BCUT2D eigenvalue weighted by molar-refractivity contribution is 5.71. The Morgan fingerprint density at radius 2 is 0.542 bits per heavy atom. The molecule has 0 aromatic rings. The molecule has 0 bridgehead atoms. The summed E-state index contributed by atoms with van der Waals surface area (Å²) in [7, 11) is 0. The summed E-state index contributed by atoms with van der Waals surface area (Å²) >= 11 is 0. The molecule has 0 saturated carbocycles. The third-order valence-electron chi connectivity index (χ3n) is 12.5. The number of carbonyl (C=O) groups excluding carboxylic acids is 3. The van der Waals surface area contributed by atoms with Crippen LogP contribution in [0.4, 0.5) is 0 Å². The van der Waals surface area contributed by atoms with E-state index in [0.29, 0.717) is 12.8 Å². The second kappa shape index (κ2) is 59.6. The van der Waals surface area contributed by atoms with Crippen LogP contribution in [-0.2, 0) is 28.6 Å². The minimum absolute atomic E-state index is 0.101. The zero-order valence-corrected chi connectivity index (χ0v) is 46.9. The van der Waals surface area contributed by atoms with Crippen LogP contribution in [-0.4, -0.2) is 37.2 Å². The van der Waals surface area contributed by atoms with Crippen LogP contribution in [0.3, 0.4) is 0 Å². The van der Waals surface area contributed by atoms with Crippen molar-refractivity contribution in [3.63, 3.8) is 0 Å². The highest BCUT2D eigenvalue weighted by Gasteiger charge is 2.19. The topological polar surface area (TPSA) is 78.9 Å². The van der Waals surface area contributed by atoms with E-state index in [4.69, 9.17) is 14.2 Å². The fraction of sp³-hybridized carbons (Fsp3) is 0.682. The number of unbranched alkanes of at least 4 members (excludes halogenated alkanes) is 24. The van der Waals surface area contributed by atoms with E-state index in [-0.39, 0.29) is 37.5 Å². The molecule has 0 radical (unpaired) electrons. The van der Waals surface area contributed by atoms with Crippen LogP contribution >= 0.6 is 0 Å². The van der Waals surface area contributed by atoms with Gasteiger partial charge in [-0.1, -0.05) is 233 Å². The Kier molecular flexibility index (Phi) is 56.4. The molecule has 0 rings (SSSR count). The van der Waals surface area contributed by atoms with Crippen molar-refractivity contribution in [2.45, 2.75) is 277 Å². The number of rotatable bonds is 53. The summed E-state index contributed by atoms with van der Waals surface area (Å²) in [4.78, 5) is 38.2. The zero-order chi connectivity index (χ0) is 52.2. The van der Waals surface area contributed by atoms with E-state index >= 15 is 0 Å². The molecule has 0 amide bonds. The number of carbonyl (C=O) groups is 3. The molecule has 0 heterocycles. The molecule has 6 heteroatoms. The maximum atomic E-state index is 12.9. The van der Waals surface area contributed by atoms with Gasteiger partial charge in [-0.05, 0) is 128 Å². The third kappa shape index (κ3) is 57.0. The van der Waals surface area contributed by atoms with Gasteiger partial charge in [0.2, 0.25) is 0 Å². The lowest BCUT2D eigenvalue weighted by atomic mass is 10.1. The summed E-state index contributed by atoms with van der Waals surface area (Å²) in [5.74, 6) is -0.952. The lowest BCUT2D eigenvalue weighted by Gasteiger charge is -2.18. The Morgan fingerprint density at radius 3 is 0.875 bits per heavy atom. The van der Waals surface area contributed by atoms with E-state index in [1.165, 1.54) is 96.3 Å². The Morgan fingerprint density at radius 1 is 0.292 bits per heavy atom. The molecular formula is C66H110O6. The van der Waals surface area contributed by atoms with Gasteiger partial charge in [0.1, 0.15) is 13.2 Å². The predicted molar refractivity (Wildman–Crippen MR) is 311 cm³/mol. The zero-order valence-electron chi connectivity index (χ0n) is 46.9. The molecule has 72 heavy (non-hydrogen) atoms. The average molecular weight is 1000 g/mol. The van der Waals surface area contributed by atoms with Crippen molar-refractivity contribution >= 4 is 17.9 Å². The van der Waals surface area contributed by atoms with E-state index < -0.39 is 6.10 Å². The van der Waals surface area contributed by atoms with E-state index in [1.807, 2.05) is 0 Å². The fourth-order valence-electron chi connectivity index (χ4n) is 8.00. The van der Waals surface area contributed by atoms with Crippen LogP contribution < -0.4 is 0 Å². The van der Waals surface area contributed by atoms with Gasteiger partial charge in [-0.2, -0.15) is 0 Å². The van der Waals surface area contributed by atoms with Crippen molar-refractivity contribution in [2.75, 3.05) is 13.2 Å². The van der Waals surface area contributed by atoms with Crippen molar-refractivity contribution in [1.82, 2.24) is 0 Å². The number of ether oxygens (including phenoxy) is 3. The highest BCUT2D eigenvalue weighted by Crippen LogP contribution is 2.14. The second-order valence-electron chi connectivity index (χ2n) is 19.5. The molecule has 0 saturated heterocycles. The molecule has 0 aromatic carbocycles. The van der Waals surface area contributed by atoms with E-state index in [2.05, 4.69) is 130 Å². The molecule has 410 valence electrons. The maximum absolute atomic E-state index is 12.9. The van der Waals surface area contributed by atoms with E-state index in [9.17, 15) is 14.4 Å². The van der Waals surface area contributed by atoms with Gasteiger partial charge in [-0.25, -0.2) is 0 Å². The first-order chi connectivity index (χ1) is 35.5. The first-order valence-corrected chi connectivity index (χ1v) is 29.9. The van der Waals surface area contributed by atoms with Crippen molar-refractivity contribution in [3.05, 3.63) is 109 Å². The first-order valence-electron chi connectivity index (χ1n) is 29.9. The summed E-state index contributed by atoms with van der Waals surface area (Å²) in [6.07, 6.45) is 80.8. The molecule has 0 spiro atoms. The van der Waals surface area contributed by atoms with Gasteiger partial charge in [0, 0.05) is 19.3 Å². The van der Waals surface area contributed by atoms with Gasteiger partial charge in [0.25, 0.3) is 0 Å². The highest BCUT2D eigenvalue weighted by atomic mass is 16.6. The minimum atomic E-state index is -0.807. The van der Waals surface area contributed by atoms with Crippen molar-refractivity contribution in [2.24, 2.45) is 0 Å². The van der Waals surface area contributed by atoms with Crippen LogP contribution in [0.5, 0.6) is 0 Å². The summed E-state index contributed by atoms with van der Waals surface area (Å²) in [5.41, 5.74) is 0. The number of esters is 3. The van der Waals surface area contributed by atoms with Gasteiger partial charge in [0.05, 0.1) is 0 Å². The SMILES string of the molecule is CC/C=C\C/C=C\C/C=C\C/C=C\C/C=C\CCCCCC(=O)OC(COC(=O)CCCCCCC/C=C\CCCCCCC)COC(=O)CCCCCCCC/C=C\C/C=C\C/C=C\CCCCCCC. The second-order valence-corrected chi connectivity index (χ2v) is 19.5. The summed E-state index contributed by atoms with van der Waals surface area (Å²) in [5, 5.41) is 0. The fourth-order valence-corrected chi connectivity index (χ4v) is 8.00. The Labute approximate surface area is 444 Å². The summed E-state index contributed by atoms with van der Waals surface area (Å²) in [6.45, 7) is 6.47. The van der Waals surface area contributed by atoms with Gasteiger partial charge < -0.3 is 14.2 Å². The molecule has 1 atom stereocenters. The largest absolute Gasteiger partial charge is 0.462 e. The third-order valence-corrected chi connectivity index (χ3v) is 12.5. The van der Waals surface area contributed by atoms with Gasteiger partial charge in [0.15, 0.2) is 6.10 Å². The molecule has 0 aliphatic heterocycles. The van der Waals surface area contributed by atoms with Gasteiger partial charge in [-0.3, -0.25) is 14.4 Å². The quantitative estimate of drug-likeness (QED) is 0.0261. The lowest BCUT2D eigenvalue weighted by molar-refractivity contribution is -0.167. The molecule has 6 nitrogen and oxygen atoms in total. The van der Waals surface area contributed by atoms with Crippen LogP contribution in [0.25, 0.3) is 0 Å². The van der Waals surface area contributed by atoms with Crippen LogP contribution in [0.15, 0.2) is 109 Å². The molecule has 0 aliphatic rings. The standard InChI is InChI=1S/C66H110O6/c1-4-7-10-13-16-19-22-25-28-30-32-33-35-36-38-41-44-47-50-53-56-59-65(68)71-62-63(61-70-64(67)58-55-52-49-46-43-40-27-24-21-18-15-12-9-6-3)72-66(69)60-57-54-51-48-45-42-39-37-34-31-29-26-23-20-17-14-11-8-5-2/h8,11,17,20,22,24-27,29-30,32,34-37,42,45,63H,4-7,9-10,12-16,18-19,21,23,28,31,33,38-41,43-44,46-62H2,1-3H3/b11-8-,20-17-,25-22-,27-24-,29-26-,32-30-,36-35-,37-34-,45-42-.